The molecular weight excluding hydrogens is 283 g/mol. The fourth-order valence-electron chi connectivity index (χ4n) is 1.87. The summed E-state index contributed by atoms with van der Waals surface area (Å²) in [5, 5.41) is 0. The van der Waals surface area contributed by atoms with Crippen LogP contribution in [-0.4, -0.2) is 23.7 Å². The molecule has 0 bridgehead atoms. The first-order valence-corrected chi connectivity index (χ1v) is 6.95. The highest BCUT2D eigenvalue weighted by Crippen LogP contribution is 2.24. The fourth-order valence-corrected chi connectivity index (χ4v) is 1.87. The number of anilines is 1. The molecule has 1 aromatic heterocycles. The van der Waals surface area contributed by atoms with Crippen LogP contribution in [0.25, 0.3) is 11.1 Å². The second kappa shape index (κ2) is 6.13. The van der Waals surface area contributed by atoms with Crippen LogP contribution < -0.4 is 4.90 Å². The Labute approximate surface area is 129 Å². The number of carbonyl (C=O) groups is 1. The average Bonchev–Trinajstić information content (AvgIpc) is 2.45. The number of ether oxygens (including phenoxy) is 1. The largest absolute Gasteiger partial charge is 0.443 e. The van der Waals surface area contributed by atoms with E-state index in [9.17, 15) is 9.18 Å². The molecule has 22 heavy (non-hydrogen) atoms. The van der Waals surface area contributed by atoms with Crippen molar-refractivity contribution in [1.82, 2.24) is 4.98 Å². The predicted octanol–water partition coefficient (Wildman–Crippen LogP) is 4.26. The number of aromatic nitrogens is 1. The Morgan fingerprint density at radius 2 is 1.86 bits per heavy atom. The zero-order valence-corrected chi connectivity index (χ0v) is 13.1. The molecule has 2 aromatic rings. The van der Waals surface area contributed by atoms with Crippen molar-refractivity contribution in [2.24, 2.45) is 0 Å². The van der Waals surface area contributed by atoms with Crippen molar-refractivity contribution in [3.05, 3.63) is 48.4 Å². The number of pyridine rings is 1. The third kappa shape index (κ3) is 4.04. The van der Waals surface area contributed by atoms with Crippen LogP contribution in [0.3, 0.4) is 0 Å². The Balaban J connectivity index is 2.26. The van der Waals surface area contributed by atoms with Gasteiger partial charge >= 0.3 is 6.09 Å². The van der Waals surface area contributed by atoms with Crippen molar-refractivity contribution in [3.63, 3.8) is 0 Å². The molecule has 0 N–H and O–H groups in total. The van der Waals surface area contributed by atoms with Gasteiger partial charge in [-0.05, 0) is 56.2 Å². The SMILES string of the molecule is CN(C(=O)OC(C)(C)C)c1cc(-c2cccc(F)c2)ccn1. The van der Waals surface area contributed by atoms with Crippen LogP contribution in [-0.2, 0) is 4.74 Å². The van der Waals surface area contributed by atoms with Gasteiger partial charge in [0, 0.05) is 13.2 Å². The first-order valence-electron chi connectivity index (χ1n) is 6.95. The van der Waals surface area contributed by atoms with E-state index < -0.39 is 11.7 Å². The topological polar surface area (TPSA) is 42.4 Å². The molecular formula is C17H19FN2O2. The van der Waals surface area contributed by atoms with Crippen LogP contribution in [0.4, 0.5) is 15.0 Å². The summed E-state index contributed by atoms with van der Waals surface area (Å²) in [4.78, 5) is 17.6. The molecule has 0 aliphatic heterocycles. The van der Waals surface area contributed by atoms with Crippen molar-refractivity contribution >= 4 is 11.9 Å². The molecule has 0 unspecified atom stereocenters. The molecule has 0 saturated heterocycles. The van der Waals surface area contributed by atoms with Crippen LogP contribution in [0.2, 0.25) is 0 Å². The molecule has 0 saturated carbocycles. The minimum atomic E-state index is -0.578. The molecule has 0 aliphatic rings. The molecule has 0 radical (unpaired) electrons. The molecule has 116 valence electrons. The minimum Gasteiger partial charge on any atom is -0.443 e. The number of hydrogen-bond donors (Lipinski definition) is 0. The molecule has 0 spiro atoms. The summed E-state index contributed by atoms with van der Waals surface area (Å²) in [6.45, 7) is 5.40. The molecule has 0 aliphatic carbocycles. The van der Waals surface area contributed by atoms with Gasteiger partial charge in [0.2, 0.25) is 0 Å². The van der Waals surface area contributed by atoms with E-state index in [0.29, 0.717) is 5.82 Å². The number of amides is 1. The van der Waals surface area contributed by atoms with Crippen LogP contribution >= 0.6 is 0 Å². The molecule has 2 rings (SSSR count). The van der Waals surface area contributed by atoms with Crippen molar-refractivity contribution in [3.8, 4) is 11.1 Å². The average molecular weight is 302 g/mol. The highest BCUT2D eigenvalue weighted by Gasteiger charge is 2.21. The van der Waals surface area contributed by atoms with E-state index in [-0.39, 0.29) is 5.82 Å². The summed E-state index contributed by atoms with van der Waals surface area (Å²) in [6, 6.07) is 9.75. The van der Waals surface area contributed by atoms with E-state index in [4.69, 9.17) is 4.74 Å². The Morgan fingerprint density at radius 1 is 1.18 bits per heavy atom. The molecule has 1 amide bonds. The molecule has 1 aromatic carbocycles. The van der Waals surface area contributed by atoms with E-state index >= 15 is 0 Å². The van der Waals surface area contributed by atoms with Crippen LogP contribution in [0.1, 0.15) is 20.8 Å². The summed E-state index contributed by atoms with van der Waals surface area (Å²) in [5.74, 6) is 0.132. The monoisotopic (exact) mass is 302 g/mol. The van der Waals surface area contributed by atoms with E-state index in [1.165, 1.54) is 17.0 Å². The third-order valence-corrected chi connectivity index (χ3v) is 2.91. The van der Waals surface area contributed by atoms with Crippen molar-refractivity contribution in [2.75, 3.05) is 11.9 Å². The molecule has 5 heteroatoms. The second-order valence-corrected chi connectivity index (χ2v) is 5.95. The van der Waals surface area contributed by atoms with Gasteiger partial charge in [-0.3, -0.25) is 4.90 Å². The van der Waals surface area contributed by atoms with E-state index in [2.05, 4.69) is 4.98 Å². The number of carbonyl (C=O) groups excluding carboxylic acids is 1. The number of halogens is 1. The zero-order chi connectivity index (χ0) is 16.3. The summed E-state index contributed by atoms with van der Waals surface area (Å²) >= 11 is 0. The van der Waals surface area contributed by atoms with Gasteiger partial charge in [0.05, 0.1) is 0 Å². The van der Waals surface area contributed by atoms with Crippen molar-refractivity contribution in [1.29, 1.82) is 0 Å². The van der Waals surface area contributed by atoms with Gasteiger partial charge in [0.15, 0.2) is 0 Å². The number of nitrogens with zero attached hydrogens (tertiary/aromatic N) is 2. The quantitative estimate of drug-likeness (QED) is 0.832. The zero-order valence-electron chi connectivity index (χ0n) is 13.1. The molecule has 1 heterocycles. The third-order valence-electron chi connectivity index (χ3n) is 2.91. The summed E-state index contributed by atoms with van der Waals surface area (Å²) in [6.07, 6.45) is 1.09. The van der Waals surface area contributed by atoms with Gasteiger partial charge in [-0.1, -0.05) is 12.1 Å². The Hall–Kier alpha value is -2.43. The van der Waals surface area contributed by atoms with Crippen LogP contribution in [0.5, 0.6) is 0 Å². The van der Waals surface area contributed by atoms with Gasteiger partial charge in [-0.15, -0.1) is 0 Å². The van der Waals surface area contributed by atoms with E-state index in [0.717, 1.165) is 11.1 Å². The van der Waals surface area contributed by atoms with Crippen LogP contribution in [0, 0.1) is 5.82 Å². The first-order chi connectivity index (χ1) is 10.3. The molecule has 0 atom stereocenters. The lowest BCUT2D eigenvalue weighted by Crippen LogP contribution is -2.34. The highest BCUT2D eigenvalue weighted by atomic mass is 19.1. The molecule has 0 fully saturated rings. The van der Waals surface area contributed by atoms with Crippen LogP contribution in [0.15, 0.2) is 42.6 Å². The first kappa shape index (κ1) is 15.9. The lowest BCUT2D eigenvalue weighted by atomic mass is 10.1. The van der Waals surface area contributed by atoms with Gasteiger partial charge in [-0.25, -0.2) is 14.2 Å². The standard InChI is InChI=1S/C17H19FN2O2/c1-17(2,3)22-16(21)20(4)15-11-13(8-9-19-15)12-6-5-7-14(18)10-12/h5-11H,1-4H3. The maximum absolute atomic E-state index is 13.3. The van der Waals surface area contributed by atoms with Gasteiger partial charge in [0.1, 0.15) is 17.2 Å². The summed E-state index contributed by atoms with van der Waals surface area (Å²) < 4.78 is 18.6. The summed E-state index contributed by atoms with van der Waals surface area (Å²) in [5.41, 5.74) is 0.923. The van der Waals surface area contributed by atoms with E-state index in [1.807, 2.05) is 0 Å². The van der Waals surface area contributed by atoms with Gasteiger partial charge in [-0.2, -0.15) is 0 Å². The Kier molecular flexibility index (Phi) is 4.45. The number of benzene rings is 1. The van der Waals surface area contributed by atoms with Gasteiger partial charge in [0.25, 0.3) is 0 Å². The smallest absolute Gasteiger partial charge is 0.415 e. The Bertz CT molecular complexity index is 680. The van der Waals surface area contributed by atoms with E-state index in [1.54, 1.807) is 58.3 Å². The Morgan fingerprint density at radius 3 is 2.50 bits per heavy atom. The van der Waals surface area contributed by atoms with Gasteiger partial charge < -0.3 is 4.74 Å². The highest BCUT2D eigenvalue weighted by molar-refractivity contribution is 5.87. The number of rotatable bonds is 2. The maximum atomic E-state index is 13.3. The van der Waals surface area contributed by atoms with Crippen molar-refractivity contribution in [2.45, 2.75) is 26.4 Å². The maximum Gasteiger partial charge on any atom is 0.415 e. The normalized spacial score (nSPS) is 11.1. The summed E-state index contributed by atoms with van der Waals surface area (Å²) in [7, 11) is 1.59. The lowest BCUT2D eigenvalue weighted by molar-refractivity contribution is 0.0588. The fraction of sp³-hybridized carbons (Fsp3) is 0.294. The van der Waals surface area contributed by atoms with Crippen molar-refractivity contribution < 1.29 is 13.9 Å². The lowest BCUT2D eigenvalue weighted by Gasteiger charge is -2.24. The number of hydrogen-bond acceptors (Lipinski definition) is 3. The molecule has 4 nitrogen and oxygen atoms in total. The predicted molar refractivity (Wildman–Crippen MR) is 84.3 cm³/mol. The second-order valence-electron chi connectivity index (χ2n) is 5.95. The minimum absolute atomic E-state index is 0.309.